The third-order valence-electron chi connectivity index (χ3n) is 3.43. The predicted molar refractivity (Wildman–Crippen MR) is 85.6 cm³/mol. The summed E-state index contributed by atoms with van der Waals surface area (Å²) in [6.07, 6.45) is 1.62. The van der Waals surface area contributed by atoms with Crippen LogP contribution in [0.25, 0.3) is 0 Å². The molecule has 3 nitrogen and oxygen atoms in total. The van der Waals surface area contributed by atoms with Crippen LogP contribution in [-0.4, -0.2) is 13.0 Å². The van der Waals surface area contributed by atoms with Crippen LogP contribution in [0.5, 0.6) is 0 Å². The molecule has 0 spiro atoms. The summed E-state index contributed by atoms with van der Waals surface area (Å²) in [5.41, 5.74) is 7.92. The Morgan fingerprint density at radius 1 is 1.30 bits per heavy atom. The third-order valence-corrected chi connectivity index (χ3v) is 3.43. The molecule has 0 aromatic heterocycles. The molecule has 0 aliphatic carbocycles. The van der Waals surface area contributed by atoms with Gasteiger partial charge < -0.3 is 10.6 Å². The standard InChI is InChI=1S/C17H28N2O/c1-13(11-17(2,3)4)10-16(20)19(5)15-9-7-6-8-14(15)12-18/h6-9,13H,10-12,18H2,1-5H3. The Morgan fingerprint density at radius 3 is 2.45 bits per heavy atom. The molecule has 2 N–H and O–H groups in total. The van der Waals surface area contributed by atoms with Gasteiger partial charge in [-0.15, -0.1) is 0 Å². The zero-order chi connectivity index (χ0) is 15.3. The number of rotatable bonds is 5. The van der Waals surface area contributed by atoms with Crippen LogP contribution in [0.2, 0.25) is 0 Å². The van der Waals surface area contributed by atoms with Gasteiger partial charge in [-0.25, -0.2) is 0 Å². The lowest BCUT2D eigenvalue weighted by molar-refractivity contribution is -0.119. The molecule has 0 bridgehead atoms. The molecule has 1 amide bonds. The van der Waals surface area contributed by atoms with E-state index in [0.717, 1.165) is 17.7 Å². The Labute approximate surface area is 123 Å². The Kier molecular flexibility index (Phi) is 5.75. The molecule has 1 unspecified atom stereocenters. The highest BCUT2D eigenvalue weighted by Crippen LogP contribution is 2.27. The average Bonchev–Trinajstić information content (AvgIpc) is 2.35. The second kappa shape index (κ2) is 6.89. The maximum Gasteiger partial charge on any atom is 0.226 e. The van der Waals surface area contributed by atoms with Gasteiger partial charge in [-0.3, -0.25) is 4.79 Å². The number of amides is 1. The van der Waals surface area contributed by atoms with Crippen LogP contribution < -0.4 is 10.6 Å². The van der Waals surface area contributed by atoms with Gasteiger partial charge in [0.15, 0.2) is 0 Å². The van der Waals surface area contributed by atoms with E-state index in [2.05, 4.69) is 27.7 Å². The van der Waals surface area contributed by atoms with Crippen molar-refractivity contribution in [3.8, 4) is 0 Å². The fourth-order valence-corrected chi connectivity index (χ4v) is 2.70. The first-order chi connectivity index (χ1) is 9.24. The summed E-state index contributed by atoms with van der Waals surface area (Å²) in [7, 11) is 1.83. The molecule has 3 heteroatoms. The monoisotopic (exact) mass is 276 g/mol. The van der Waals surface area contributed by atoms with Crippen molar-refractivity contribution in [1.82, 2.24) is 0 Å². The molecule has 0 aliphatic heterocycles. The molecule has 1 aromatic carbocycles. The Balaban J connectivity index is 2.72. The van der Waals surface area contributed by atoms with Crippen LogP contribution in [0.1, 0.15) is 46.1 Å². The smallest absolute Gasteiger partial charge is 0.226 e. The summed E-state index contributed by atoms with van der Waals surface area (Å²) in [4.78, 5) is 14.1. The summed E-state index contributed by atoms with van der Waals surface area (Å²) in [6, 6.07) is 7.81. The van der Waals surface area contributed by atoms with Crippen LogP contribution in [0, 0.1) is 11.3 Å². The van der Waals surface area contributed by atoms with Crippen LogP contribution in [-0.2, 0) is 11.3 Å². The highest BCUT2D eigenvalue weighted by Gasteiger charge is 2.20. The van der Waals surface area contributed by atoms with E-state index in [9.17, 15) is 4.79 Å². The van der Waals surface area contributed by atoms with Crippen molar-refractivity contribution in [2.75, 3.05) is 11.9 Å². The highest BCUT2D eigenvalue weighted by molar-refractivity contribution is 5.93. The number of para-hydroxylation sites is 1. The van der Waals surface area contributed by atoms with E-state index in [-0.39, 0.29) is 11.3 Å². The first-order valence-electron chi connectivity index (χ1n) is 7.29. The zero-order valence-corrected chi connectivity index (χ0v) is 13.4. The van der Waals surface area contributed by atoms with Crippen LogP contribution >= 0.6 is 0 Å². The first-order valence-corrected chi connectivity index (χ1v) is 7.29. The molecule has 0 aliphatic rings. The van der Waals surface area contributed by atoms with Gasteiger partial charge in [0.25, 0.3) is 0 Å². The normalized spacial score (nSPS) is 13.1. The van der Waals surface area contributed by atoms with E-state index < -0.39 is 0 Å². The SMILES string of the molecule is CC(CC(=O)N(C)c1ccccc1CN)CC(C)(C)C. The van der Waals surface area contributed by atoms with Gasteiger partial charge in [-0.05, 0) is 29.4 Å². The number of carbonyl (C=O) groups excluding carboxylic acids is 1. The maximum absolute atomic E-state index is 12.4. The second-order valence-corrected chi connectivity index (χ2v) is 6.86. The van der Waals surface area contributed by atoms with Gasteiger partial charge in [0.05, 0.1) is 0 Å². The minimum absolute atomic E-state index is 0.155. The lowest BCUT2D eigenvalue weighted by atomic mass is 9.84. The second-order valence-electron chi connectivity index (χ2n) is 6.86. The summed E-state index contributed by atoms with van der Waals surface area (Å²) < 4.78 is 0. The van der Waals surface area contributed by atoms with E-state index in [0.29, 0.717) is 18.9 Å². The van der Waals surface area contributed by atoms with Crippen molar-refractivity contribution in [3.05, 3.63) is 29.8 Å². The summed E-state index contributed by atoms with van der Waals surface area (Å²) >= 11 is 0. The van der Waals surface area contributed by atoms with Crippen molar-refractivity contribution in [3.63, 3.8) is 0 Å². The fraction of sp³-hybridized carbons (Fsp3) is 0.588. The number of carbonyl (C=O) groups is 1. The predicted octanol–water partition coefficient (Wildman–Crippen LogP) is 3.57. The lowest BCUT2D eigenvalue weighted by Crippen LogP contribution is -2.29. The molecule has 0 saturated carbocycles. The Morgan fingerprint density at radius 2 is 1.90 bits per heavy atom. The molecule has 0 radical (unpaired) electrons. The lowest BCUT2D eigenvalue weighted by Gasteiger charge is -2.25. The Hall–Kier alpha value is -1.35. The maximum atomic E-state index is 12.4. The van der Waals surface area contributed by atoms with Crippen LogP contribution in [0.15, 0.2) is 24.3 Å². The number of anilines is 1. The van der Waals surface area contributed by atoms with Gasteiger partial charge in [0, 0.05) is 25.7 Å². The molecule has 1 atom stereocenters. The number of nitrogens with two attached hydrogens (primary N) is 1. The Bertz CT molecular complexity index is 449. The van der Waals surface area contributed by atoms with Gasteiger partial charge in [-0.1, -0.05) is 45.9 Å². The third kappa shape index (κ3) is 4.97. The fourth-order valence-electron chi connectivity index (χ4n) is 2.70. The van der Waals surface area contributed by atoms with Crippen molar-refractivity contribution >= 4 is 11.6 Å². The zero-order valence-electron chi connectivity index (χ0n) is 13.4. The van der Waals surface area contributed by atoms with E-state index in [1.807, 2.05) is 31.3 Å². The van der Waals surface area contributed by atoms with Crippen LogP contribution in [0.3, 0.4) is 0 Å². The minimum atomic E-state index is 0.155. The van der Waals surface area contributed by atoms with Gasteiger partial charge in [0.2, 0.25) is 5.91 Å². The molecule has 0 saturated heterocycles. The summed E-state index contributed by atoms with van der Waals surface area (Å²) in [5, 5.41) is 0. The van der Waals surface area contributed by atoms with Gasteiger partial charge >= 0.3 is 0 Å². The van der Waals surface area contributed by atoms with Crippen LogP contribution in [0.4, 0.5) is 5.69 Å². The quantitative estimate of drug-likeness (QED) is 0.893. The van der Waals surface area contributed by atoms with Crippen molar-refractivity contribution < 1.29 is 4.79 Å². The largest absolute Gasteiger partial charge is 0.326 e. The molecule has 0 fully saturated rings. The summed E-state index contributed by atoms with van der Waals surface area (Å²) in [6.45, 7) is 9.22. The van der Waals surface area contributed by atoms with Crippen molar-refractivity contribution in [2.45, 2.75) is 47.1 Å². The molecule has 0 heterocycles. The van der Waals surface area contributed by atoms with E-state index in [1.54, 1.807) is 4.90 Å². The molecular formula is C17H28N2O. The number of hydrogen-bond acceptors (Lipinski definition) is 2. The van der Waals surface area contributed by atoms with Gasteiger partial charge in [-0.2, -0.15) is 0 Å². The number of hydrogen-bond donors (Lipinski definition) is 1. The van der Waals surface area contributed by atoms with Gasteiger partial charge in [0.1, 0.15) is 0 Å². The minimum Gasteiger partial charge on any atom is -0.326 e. The summed E-state index contributed by atoms with van der Waals surface area (Å²) in [5.74, 6) is 0.539. The first kappa shape index (κ1) is 16.7. The highest BCUT2D eigenvalue weighted by atomic mass is 16.2. The van der Waals surface area contributed by atoms with E-state index >= 15 is 0 Å². The van der Waals surface area contributed by atoms with E-state index in [1.165, 1.54) is 0 Å². The van der Waals surface area contributed by atoms with Crippen molar-refractivity contribution in [1.29, 1.82) is 0 Å². The molecular weight excluding hydrogens is 248 g/mol. The molecule has 112 valence electrons. The molecule has 1 aromatic rings. The number of nitrogens with zero attached hydrogens (tertiary/aromatic N) is 1. The molecule has 20 heavy (non-hydrogen) atoms. The van der Waals surface area contributed by atoms with E-state index in [4.69, 9.17) is 5.73 Å². The van der Waals surface area contributed by atoms with Crippen molar-refractivity contribution in [2.24, 2.45) is 17.1 Å². The average molecular weight is 276 g/mol. The topological polar surface area (TPSA) is 46.3 Å². The number of benzene rings is 1. The molecule has 1 rings (SSSR count).